The SMILES string of the molecule is C=C[C@H](N)c1cccc(C(C)C)c1. The van der Waals surface area contributed by atoms with Crippen LogP contribution < -0.4 is 5.73 Å². The summed E-state index contributed by atoms with van der Waals surface area (Å²) < 4.78 is 0. The first-order chi connectivity index (χ1) is 6.15. The van der Waals surface area contributed by atoms with Crippen molar-refractivity contribution in [1.82, 2.24) is 0 Å². The third-order valence-electron chi connectivity index (χ3n) is 2.22. The fraction of sp³-hybridized carbons (Fsp3) is 0.333. The molecule has 0 saturated carbocycles. The van der Waals surface area contributed by atoms with Crippen LogP contribution in [0.25, 0.3) is 0 Å². The molecule has 1 heteroatoms. The van der Waals surface area contributed by atoms with Crippen LogP contribution in [0.5, 0.6) is 0 Å². The predicted molar refractivity (Wildman–Crippen MR) is 57.7 cm³/mol. The molecule has 1 nitrogen and oxygen atoms in total. The van der Waals surface area contributed by atoms with E-state index in [2.05, 4.69) is 32.6 Å². The number of hydrogen-bond acceptors (Lipinski definition) is 1. The summed E-state index contributed by atoms with van der Waals surface area (Å²) in [5.74, 6) is 0.553. The summed E-state index contributed by atoms with van der Waals surface area (Å²) in [7, 11) is 0. The van der Waals surface area contributed by atoms with Gasteiger partial charge in [-0.15, -0.1) is 6.58 Å². The van der Waals surface area contributed by atoms with Gasteiger partial charge in [0.2, 0.25) is 0 Å². The van der Waals surface area contributed by atoms with Crippen LogP contribution >= 0.6 is 0 Å². The van der Waals surface area contributed by atoms with Gasteiger partial charge in [-0.2, -0.15) is 0 Å². The fourth-order valence-electron chi connectivity index (χ4n) is 1.26. The van der Waals surface area contributed by atoms with E-state index >= 15 is 0 Å². The Labute approximate surface area is 80.3 Å². The standard InChI is InChI=1S/C12H17N/c1-4-12(13)11-7-5-6-10(8-11)9(2)3/h4-9,12H,1,13H2,2-3H3/t12-/m0/s1. The van der Waals surface area contributed by atoms with Crippen LogP contribution in [0, 0.1) is 0 Å². The van der Waals surface area contributed by atoms with E-state index in [9.17, 15) is 0 Å². The highest BCUT2D eigenvalue weighted by Gasteiger charge is 2.03. The van der Waals surface area contributed by atoms with E-state index in [1.165, 1.54) is 5.56 Å². The van der Waals surface area contributed by atoms with Crippen LogP contribution in [-0.2, 0) is 0 Å². The molecule has 1 aromatic rings. The van der Waals surface area contributed by atoms with Gasteiger partial charge < -0.3 is 5.73 Å². The topological polar surface area (TPSA) is 26.0 Å². The van der Waals surface area contributed by atoms with Crippen LogP contribution in [0.3, 0.4) is 0 Å². The van der Waals surface area contributed by atoms with Crippen molar-refractivity contribution in [3.05, 3.63) is 48.0 Å². The van der Waals surface area contributed by atoms with Crippen LogP contribution in [-0.4, -0.2) is 0 Å². The third kappa shape index (κ3) is 2.43. The van der Waals surface area contributed by atoms with Crippen molar-refractivity contribution in [3.8, 4) is 0 Å². The quantitative estimate of drug-likeness (QED) is 0.702. The van der Waals surface area contributed by atoms with Crippen molar-refractivity contribution in [2.45, 2.75) is 25.8 Å². The Balaban J connectivity index is 2.97. The third-order valence-corrected chi connectivity index (χ3v) is 2.22. The highest BCUT2D eigenvalue weighted by atomic mass is 14.6. The first kappa shape index (κ1) is 10.0. The van der Waals surface area contributed by atoms with E-state index < -0.39 is 0 Å². The smallest absolute Gasteiger partial charge is 0.0478 e. The Kier molecular flexibility index (Phi) is 3.26. The second-order valence-corrected chi connectivity index (χ2v) is 3.59. The Bertz CT molecular complexity index is 289. The van der Waals surface area contributed by atoms with Gasteiger partial charge in [-0.1, -0.05) is 44.2 Å². The fourth-order valence-corrected chi connectivity index (χ4v) is 1.26. The number of nitrogens with two attached hydrogens (primary N) is 1. The molecule has 13 heavy (non-hydrogen) atoms. The summed E-state index contributed by atoms with van der Waals surface area (Å²) in [6, 6.07) is 8.33. The van der Waals surface area contributed by atoms with Gasteiger partial charge in [0.25, 0.3) is 0 Å². The lowest BCUT2D eigenvalue weighted by Crippen LogP contribution is -2.06. The van der Waals surface area contributed by atoms with Gasteiger partial charge in [0.05, 0.1) is 0 Å². The van der Waals surface area contributed by atoms with Gasteiger partial charge >= 0.3 is 0 Å². The van der Waals surface area contributed by atoms with Crippen molar-refractivity contribution in [1.29, 1.82) is 0 Å². The maximum atomic E-state index is 5.85. The molecule has 0 spiro atoms. The molecule has 0 bridgehead atoms. The first-order valence-corrected chi connectivity index (χ1v) is 4.63. The second-order valence-electron chi connectivity index (χ2n) is 3.59. The maximum absolute atomic E-state index is 5.85. The van der Waals surface area contributed by atoms with E-state index in [-0.39, 0.29) is 6.04 Å². The molecule has 0 heterocycles. The average molecular weight is 175 g/mol. The molecular formula is C12H17N. The van der Waals surface area contributed by atoms with Gasteiger partial charge in [-0.3, -0.25) is 0 Å². The number of benzene rings is 1. The molecule has 1 rings (SSSR count). The first-order valence-electron chi connectivity index (χ1n) is 4.63. The van der Waals surface area contributed by atoms with Crippen LogP contribution in [0.4, 0.5) is 0 Å². The lowest BCUT2D eigenvalue weighted by molar-refractivity contribution is 0.849. The second kappa shape index (κ2) is 4.24. The molecule has 1 aromatic carbocycles. The summed E-state index contributed by atoms with van der Waals surface area (Å²) in [5.41, 5.74) is 8.31. The maximum Gasteiger partial charge on any atom is 0.0478 e. The molecule has 0 aromatic heterocycles. The Hall–Kier alpha value is -1.08. The van der Waals surface area contributed by atoms with E-state index in [0.29, 0.717) is 5.92 Å². The molecule has 0 aliphatic carbocycles. The van der Waals surface area contributed by atoms with Gasteiger partial charge in [0, 0.05) is 6.04 Å². The van der Waals surface area contributed by atoms with E-state index in [0.717, 1.165) is 5.56 Å². The van der Waals surface area contributed by atoms with E-state index in [1.54, 1.807) is 6.08 Å². The van der Waals surface area contributed by atoms with Gasteiger partial charge in [-0.25, -0.2) is 0 Å². The van der Waals surface area contributed by atoms with E-state index in [1.807, 2.05) is 12.1 Å². The molecule has 0 radical (unpaired) electrons. The minimum absolute atomic E-state index is 0.0429. The highest BCUT2D eigenvalue weighted by Crippen LogP contribution is 2.19. The Morgan fingerprint density at radius 1 is 1.31 bits per heavy atom. The molecule has 0 aliphatic heterocycles. The summed E-state index contributed by atoms with van der Waals surface area (Å²) >= 11 is 0. The average Bonchev–Trinajstić information content (AvgIpc) is 2.17. The van der Waals surface area contributed by atoms with Gasteiger partial charge in [0.1, 0.15) is 0 Å². The van der Waals surface area contributed by atoms with Crippen molar-refractivity contribution in [2.24, 2.45) is 5.73 Å². The molecule has 0 fully saturated rings. The van der Waals surface area contributed by atoms with Gasteiger partial charge in [-0.05, 0) is 17.0 Å². The van der Waals surface area contributed by atoms with Crippen LogP contribution in [0.15, 0.2) is 36.9 Å². The van der Waals surface area contributed by atoms with Crippen LogP contribution in [0.2, 0.25) is 0 Å². The Morgan fingerprint density at radius 3 is 2.46 bits per heavy atom. The molecule has 0 aliphatic rings. The zero-order valence-electron chi connectivity index (χ0n) is 8.33. The normalized spacial score (nSPS) is 12.9. The molecule has 0 saturated heterocycles. The summed E-state index contributed by atoms with van der Waals surface area (Å²) in [6.07, 6.45) is 1.76. The largest absolute Gasteiger partial charge is 0.321 e. The number of hydrogen-bond donors (Lipinski definition) is 1. The summed E-state index contributed by atoms with van der Waals surface area (Å²) in [4.78, 5) is 0. The van der Waals surface area contributed by atoms with Crippen molar-refractivity contribution in [3.63, 3.8) is 0 Å². The molecule has 2 N–H and O–H groups in total. The van der Waals surface area contributed by atoms with Crippen LogP contribution in [0.1, 0.15) is 36.9 Å². The monoisotopic (exact) mass is 175 g/mol. The molecular weight excluding hydrogens is 158 g/mol. The van der Waals surface area contributed by atoms with Crippen molar-refractivity contribution < 1.29 is 0 Å². The minimum Gasteiger partial charge on any atom is -0.321 e. The predicted octanol–water partition coefficient (Wildman–Crippen LogP) is 3.00. The Morgan fingerprint density at radius 2 is 1.92 bits per heavy atom. The highest BCUT2D eigenvalue weighted by molar-refractivity contribution is 5.29. The molecule has 0 unspecified atom stereocenters. The number of rotatable bonds is 3. The van der Waals surface area contributed by atoms with Crippen molar-refractivity contribution >= 4 is 0 Å². The lowest BCUT2D eigenvalue weighted by Gasteiger charge is -2.10. The summed E-state index contributed by atoms with van der Waals surface area (Å²) in [6.45, 7) is 8.04. The van der Waals surface area contributed by atoms with Gasteiger partial charge in [0.15, 0.2) is 0 Å². The zero-order chi connectivity index (χ0) is 9.84. The minimum atomic E-state index is -0.0429. The summed E-state index contributed by atoms with van der Waals surface area (Å²) in [5, 5.41) is 0. The van der Waals surface area contributed by atoms with Crippen molar-refractivity contribution in [2.75, 3.05) is 0 Å². The zero-order valence-corrected chi connectivity index (χ0v) is 8.33. The van der Waals surface area contributed by atoms with E-state index in [4.69, 9.17) is 5.73 Å². The lowest BCUT2D eigenvalue weighted by atomic mass is 9.98. The molecule has 0 amide bonds. The molecule has 1 atom stereocenters. The molecule has 70 valence electrons.